The summed E-state index contributed by atoms with van der Waals surface area (Å²) >= 11 is 1.76. The summed E-state index contributed by atoms with van der Waals surface area (Å²) in [6.45, 7) is 2.97. The van der Waals surface area contributed by atoms with Gasteiger partial charge in [0.1, 0.15) is 0 Å². The maximum atomic E-state index is 5.68. The van der Waals surface area contributed by atoms with Gasteiger partial charge >= 0.3 is 0 Å². The first-order valence-corrected chi connectivity index (χ1v) is 5.63. The molecular weight excluding hydrogens is 196 g/mol. The van der Waals surface area contributed by atoms with E-state index in [1.807, 2.05) is 6.07 Å². The zero-order chi connectivity index (χ0) is 9.97. The van der Waals surface area contributed by atoms with Gasteiger partial charge in [0.2, 0.25) is 0 Å². The zero-order valence-corrected chi connectivity index (χ0v) is 8.96. The van der Waals surface area contributed by atoms with Crippen molar-refractivity contribution in [3.8, 4) is 0 Å². The third-order valence-electron chi connectivity index (χ3n) is 2.34. The Hall–Kier alpha value is -0.740. The molecule has 0 spiro atoms. The van der Waals surface area contributed by atoms with E-state index in [2.05, 4.69) is 11.9 Å². The number of anilines is 1. The highest BCUT2D eigenvalue weighted by atomic mass is 32.2. The summed E-state index contributed by atoms with van der Waals surface area (Å²) < 4.78 is 5.49. The van der Waals surface area contributed by atoms with Gasteiger partial charge in [0.05, 0.1) is 11.1 Å². The minimum absolute atomic E-state index is 0.322. The molecule has 1 saturated heterocycles. The highest BCUT2D eigenvalue weighted by Gasteiger charge is 2.25. The predicted molar refractivity (Wildman–Crippen MR) is 58.3 cm³/mol. The van der Waals surface area contributed by atoms with Crippen molar-refractivity contribution in [1.29, 1.82) is 0 Å². The minimum Gasteiger partial charge on any atom is -0.399 e. The Morgan fingerprint density at radius 1 is 1.64 bits per heavy atom. The smallest absolute Gasteiger partial charge is 0.0983 e. The van der Waals surface area contributed by atoms with E-state index in [9.17, 15) is 0 Å². The summed E-state index contributed by atoms with van der Waals surface area (Å²) in [4.78, 5) is 4.26. The third-order valence-corrected chi connectivity index (χ3v) is 3.72. The summed E-state index contributed by atoms with van der Waals surface area (Å²) in [5.74, 6) is 0. The maximum absolute atomic E-state index is 5.68. The van der Waals surface area contributed by atoms with Gasteiger partial charge in [0.25, 0.3) is 0 Å². The van der Waals surface area contributed by atoms with E-state index in [1.54, 1.807) is 24.0 Å². The molecule has 0 saturated carbocycles. The van der Waals surface area contributed by atoms with Crippen LogP contribution in [-0.4, -0.2) is 22.9 Å². The van der Waals surface area contributed by atoms with Gasteiger partial charge in [-0.1, -0.05) is 0 Å². The molecule has 1 fully saturated rings. The van der Waals surface area contributed by atoms with Crippen LogP contribution < -0.4 is 5.73 Å². The molecule has 2 heterocycles. The fourth-order valence-corrected chi connectivity index (χ4v) is 2.63. The number of ether oxygens (including phenoxy) is 1. The first-order chi connectivity index (χ1) is 6.75. The van der Waals surface area contributed by atoms with Gasteiger partial charge in [0, 0.05) is 23.7 Å². The van der Waals surface area contributed by atoms with E-state index in [0.717, 1.165) is 23.7 Å². The predicted octanol–water partition coefficient (Wildman–Crippen LogP) is 1.93. The lowest BCUT2D eigenvalue weighted by Crippen LogP contribution is -2.13. The number of pyridine rings is 1. The van der Waals surface area contributed by atoms with Crippen molar-refractivity contribution in [2.24, 2.45) is 0 Å². The number of hydrogen-bond acceptors (Lipinski definition) is 4. The summed E-state index contributed by atoms with van der Waals surface area (Å²) in [6.07, 6.45) is 3.17. The van der Waals surface area contributed by atoms with Gasteiger partial charge in [-0.2, -0.15) is 0 Å². The third kappa shape index (κ3) is 2.19. The number of nitrogens with two attached hydrogens (primary N) is 1. The summed E-state index contributed by atoms with van der Waals surface area (Å²) in [6, 6.07) is 3.72. The highest BCUT2D eigenvalue weighted by Crippen LogP contribution is 2.31. The van der Waals surface area contributed by atoms with Crippen LogP contribution in [0.2, 0.25) is 0 Å². The van der Waals surface area contributed by atoms with E-state index < -0.39 is 0 Å². The summed E-state index contributed by atoms with van der Waals surface area (Å²) in [7, 11) is 0. The van der Waals surface area contributed by atoms with Crippen LogP contribution in [0.4, 0.5) is 5.69 Å². The first-order valence-electron chi connectivity index (χ1n) is 4.75. The van der Waals surface area contributed by atoms with Gasteiger partial charge in [-0.15, -0.1) is 11.8 Å². The Balaban J connectivity index is 2.03. The molecule has 76 valence electrons. The molecule has 0 amide bonds. The number of thioether (sulfide) groups is 1. The minimum atomic E-state index is 0.322. The summed E-state index contributed by atoms with van der Waals surface area (Å²) in [5, 5.41) is 1.51. The SMILES string of the molecule is CC1OCCC1Sc1cc(N)ccn1. The molecular formula is C10H14N2OS. The molecule has 0 bridgehead atoms. The monoisotopic (exact) mass is 210 g/mol. The molecule has 14 heavy (non-hydrogen) atoms. The van der Waals surface area contributed by atoms with Crippen LogP contribution >= 0.6 is 11.8 Å². The van der Waals surface area contributed by atoms with Crippen molar-refractivity contribution in [2.45, 2.75) is 29.7 Å². The topological polar surface area (TPSA) is 48.1 Å². The molecule has 0 radical (unpaired) electrons. The lowest BCUT2D eigenvalue weighted by atomic mass is 10.3. The summed E-state index contributed by atoms with van der Waals surface area (Å²) in [5.41, 5.74) is 6.46. The number of hydrogen-bond donors (Lipinski definition) is 1. The van der Waals surface area contributed by atoms with Gasteiger partial charge < -0.3 is 10.5 Å². The Bertz CT molecular complexity index is 319. The number of nitrogens with zero attached hydrogens (tertiary/aromatic N) is 1. The van der Waals surface area contributed by atoms with E-state index in [-0.39, 0.29) is 0 Å². The van der Waals surface area contributed by atoms with Gasteiger partial charge in [0.15, 0.2) is 0 Å². The molecule has 2 rings (SSSR count). The number of aromatic nitrogens is 1. The molecule has 1 aliphatic heterocycles. The average Bonchev–Trinajstić information content (AvgIpc) is 2.52. The van der Waals surface area contributed by atoms with Crippen molar-refractivity contribution in [1.82, 2.24) is 4.98 Å². The highest BCUT2D eigenvalue weighted by molar-refractivity contribution is 7.99. The van der Waals surface area contributed by atoms with Crippen molar-refractivity contribution in [3.05, 3.63) is 18.3 Å². The van der Waals surface area contributed by atoms with Crippen molar-refractivity contribution < 1.29 is 4.74 Å². The van der Waals surface area contributed by atoms with Gasteiger partial charge in [-0.05, 0) is 25.5 Å². The molecule has 2 N–H and O–H groups in total. The zero-order valence-electron chi connectivity index (χ0n) is 8.14. The van der Waals surface area contributed by atoms with E-state index in [4.69, 9.17) is 10.5 Å². The number of rotatable bonds is 2. The van der Waals surface area contributed by atoms with Crippen molar-refractivity contribution >= 4 is 17.4 Å². The van der Waals surface area contributed by atoms with Crippen LogP contribution in [0.1, 0.15) is 13.3 Å². The molecule has 2 unspecified atom stereocenters. The van der Waals surface area contributed by atoms with Crippen LogP contribution in [0.15, 0.2) is 23.4 Å². The second-order valence-electron chi connectivity index (χ2n) is 3.45. The molecule has 0 aliphatic carbocycles. The Morgan fingerprint density at radius 2 is 2.50 bits per heavy atom. The quantitative estimate of drug-likeness (QED) is 0.810. The molecule has 4 heteroatoms. The molecule has 1 aromatic heterocycles. The average molecular weight is 210 g/mol. The van der Waals surface area contributed by atoms with Crippen LogP contribution in [0.5, 0.6) is 0 Å². The fourth-order valence-electron chi connectivity index (χ4n) is 1.51. The van der Waals surface area contributed by atoms with E-state index >= 15 is 0 Å². The normalized spacial score (nSPS) is 26.6. The second-order valence-corrected chi connectivity index (χ2v) is 4.71. The Kier molecular flexibility index (Phi) is 2.93. The van der Waals surface area contributed by atoms with Crippen LogP contribution in [0, 0.1) is 0 Å². The standard InChI is InChI=1S/C10H14N2OS/c1-7-9(3-5-13-7)14-10-6-8(11)2-4-12-10/h2,4,6-7,9H,3,5H2,1H3,(H2,11,12). The molecule has 1 aliphatic rings. The van der Waals surface area contributed by atoms with Crippen molar-refractivity contribution in [2.75, 3.05) is 12.3 Å². The van der Waals surface area contributed by atoms with Gasteiger partial charge in [-0.3, -0.25) is 0 Å². The molecule has 0 aromatic carbocycles. The fraction of sp³-hybridized carbons (Fsp3) is 0.500. The van der Waals surface area contributed by atoms with Crippen LogP contribution in [0.25, 0.3) is 0 Å². The maximum Gasteiger partial charge on any atom is 0.0983 e. The lowest BCUT2D eigenvalue weighted by Gasteiger charge is -2.12. The van der Waals surface area contributed by atoms with Crippen molar-refractivity contribution in [3.63, 3.8) is 0 Å². The van der Waals surface area contributed by atoms with Gasteiger partial charge in [-0.25, -0.2) is 4.98 Å². The largest absolute Gasteiger partial charge is 0.399 e. The number of nitrogen functional groups attached to an aromatic ring is 1. The Labute approximate surface area is 88.0 Å². The second kappa shape index (κ2) is 4.19. The van der Waals surface area contributed by atoms with Crippen LogP contribution in [-0.2, 0) is 4.74 Å². The molecule has 3 nitrogen and oxygen atoms in total. The van der Waals surface area contributed by atoms with E-state index in [1.165, 1.54) is 0 Å². The first kappa shape index (κ1) is 9.80. The molecule has 2 atom stereocenters. The lowest BCUT2D eigenvalue weighted by molar-refractivity contribution is 0.127. The molecule has 1 aromatic rings. The Morgan fingerprint density at radius 3 is 3.14 bits per heavy atom. The van der Waals surface area contributed by atoms with E-state index in [0.29, 0.717) is 11.4 Å². The van der Waals surface area contributed by atoms with Crippen LogP contribution in [0.3, 0.4) is 0 Å².